The summed E-state index contributed by atoms with van der Waals surface area (Å²) < 4.78 is 0. The molecule has 0 aliphatic carbocycles. The second-order valence-corrected chi connectivity index (χ2v) is 4.70. The SMILES string of the molecule is C/C=C\C=C/C.C/C=C\C=C/C.C=O.O.O.O.O.O.O=C[O-].O=C[O-].O=C[O-].O=O.O=O.c1ccccc1.c1ccccc1. The minimum Gasteiger partial charge on any atom is -0.554 e. The predicted octanol–water partition coefficient (Wildman–Crippen LogP) is -1.43. The molecule has 0 aliphatic rings. The summed E-state index contributed by atoms with van der Waals surface area (Å²) in [6.45, 7) is 8.50. The fourth-order valence-corrected chi connectivity index (χ4v) is 1.21. The minimum absolute atomic E-state index is 0. The second kappa shape index (κ2) is 163. The molecule has 0 unspecified atom stereocenters. The van der Waals surface area contributed by atoms with Gasteiger partial charge in [0.2, 0.25) is 0 Å². The van der Waals surface area contributed by atoms with Crippen molar-refractivity contribution in [1.82, 2.24) is 0 Å². The van der Waals surface area contributed by atoms with Gasteiger partial charge in [0.1, 0.15) is 6.79 Å². The van der Waals surface area contributed by atoms with Crippen LogP contribution in [-0.2, 0) is 19.2 Å². The van der Waals surface area contributed by atoms with Crippen molar-refractivity contribution in [2.75, 3.05) is 0 Å². The van der Waals surface area contributed by atoms with Crippen LogP contribution < -0.4 is 15.3 Å². The fourth-order valence-electron chi connectivity index (χ4n) is 1.21. The Bertz CT molecular complexity index is 583. The van der Waals surface area contributed by atoms with E-state index in [9.17, 15) is 0 Å². The summed E-state index contributed by atoms with van der Waals surface area (Å²) in [5.74, 6) is 0. The molecule has 2 rings (SSSR count). The van der Waals surface area contributed by atoms with Crippen molar-refractivity contribution in [2.45, 2.75) is 27.7 Å². The van der Waals surface area contributed by atoms with Crippen LogP contribution in [0.3, 0.4) is 0 Å². The van der Waals surface area contributed by atoms with Gasteiger partial charge in [-0.1, -0.05) is 121 Å². The first-order valence-corrected chi connectivity index (χ1v) is 10.3. The van der Waals surface area contributed by atoms with Crippen LogP contribution in [0.2, 0.25) is 0 Å². The molecule has 10 N–H and O–H groups in total. The normalized spacial score (nSPS) is 6.45. The average molecular weight is 640 g/mol. The molecule has 0 fully saturated rings. The lowest BCUT2D eigenvalue weighted by Gasteiger charge is -1.69. The Morgan fingerprint density at radius 2 is 0.432 bits per heavy atom. The molecule has 2 aromatic rings. The smallest absolute Gasteiger partial charge is 0.106 e. The van der Waals surface area contributed by atoms with Gasteiger partial charge in [0.05, 0.1) is 0 Å². The van der Waals surface area contributed by atoms with E-state index >= 15 is 0 Å². The molecule has 0 radical (unpaired) electrons. The fraction of sp³-hybridized carbons (Fsp3) is 0.143. The maximum absolute atomic E-state index is 8.25. The number of benzene rings is 2. The summed E-state index contributed by atoms with van der Waals surface area (Å²) in [6.07, 6.45) is 16.0. The van der Waals surface area contributed by atoms with E-state index in [-0.39, 0.29) is 27.4 Å². The maximum atomic E-state index is 8.25. The van der Waals surface area contributed by atoms with Crippen molar-refractivity contribution >= 4 is 26.2 Å². The molecular weight excluding hydrogens is 592 g/mol. The molecule has 0 bridgehead atoms. The van der Waals surface area contributed by atoms with Crippen LogP contribution in [0.15, 0.2) is 121 Å². The van der Waals surface area contributed by atoms with Crippen LogP contribution in [0.5, 0.6) is 0 Å². The molecule has 0 saturated carbocycles. The van der Waals surface area contributed by atoms with Crippen molar-refractivity contribution < 1.29 is 61.9 Å². The highest BCUT2D eigenvalue weighted by Crippen LogP contribution is 1.80. The summed E-state index contributed by atoms with van der Waals surface area (Å²) in [6, 6.07) is 24.0. The second-order valence-electron chi connectivity index (χ2n) is 4.70. The first kappa shape index (κ1) is 83.3. The minimum atomic E-state index is -0.500. The van der Waals surface area contributed by atoms with Gasteiger partial charge in [-0.3, -0.25) is 0 Å². The molecule has 0 saturated heterocycles. The van der Waals surface area contributed by atoms with Gasteiger partial charge < -0.3 is 61.9 Å². The van der Waals surface area contributed by atoms with E-state index in [0.29, 0.717) is 0 Å². The number of carbonyl (C=O) groups is 4. The van der Waals surface area contributed by atoms with Crippen LogP contribution in [0.4, 0.5) is 0 Å². The lowest BCUT2D eigenvalue weighted by molar-refractivity contribution is -0.284. The van der Waals surface area contributed by atoms with Crippen molar-refractivity contribution in [3.8, 4) is 0 Å². The zero-order chi connectivity index (χ0) is 32.3. The Hall–Kier alpha value is -5.52. The molecule has 0 amide bonds. The highest BCUT2D eigenvalue weighted by molar-refractivity contribution is 5.29. The van der Waals surface area contributed by atoms with Gasteiger partial charge >= 0.3 is 0 Å². The molecule has 258 valence electrons. The Labute approximate surface area is 257 Å². The van der Waals surface area contributed by atoms with Crippen LogP contribution in [0, 0.1) is 19.9 Å². The molecule has 2 aromatic carbocycles. The third-order valence-corrected chi connectivity index (χ3v) is 2.33. The molecule has 0 heterocycles. The average Bonchev–Trinajstić information content (AvgIpc) is 3.02. The van der Waals surface area contributed by atoms with Gasteiger partial charge in [-0.05, 0) is 27.7 Å². The Morgan fingerprint density at radius 3 is 0.477 bits per heavy atom. The lowest BCUT2D eigenvalue weighted by Crippen LogP contribution is -2.01. The number of hydrogen-bond acceptors (Lipinski definition) is 11. The van der Waals surface area contributed by atoms with Crippen LogP contribution in [-0.4, -0.2) is 53.6 Å². The van der Waals surface area contributed by atoms with Crippen molar-refractivity contribution in [3.05, 3.63) is 141 Å². The molecule has 0 aromatic heterocycles. The van der Waals surface area contributed by atoms with Gasteiger partial charge in [-0.25, -0.2) is 0 Å². The number of hydrogen-bond donors (Lipinski definition) is 0. The van der Waals surface area contributed by atoms with E-state index < -0.39 is 19.4 Å². The number of carbonyl (C=O) groups excluding carboxylic acids is 4. The van der Waals surface area contributed by atoms with E-state index in [1.165, 1.54) is 0 Å². The van der Waals surface area contributed by atoms with E-state index in [2.05, 4.69) is 0 Å². The largest absolute Gasteiger partial charge is 0.554 e. The summed E-state index contributed by atoms with van der Waals surface area (Å²) in [4.78, 5) is 60.8. The topological polar surface area (TPSA) is 363 Å². The van der Waals surface area contributed by atoms with Crippen LogP contribution >= 0.6 is 0 Å². The van der Waals surface area contributed by atoms with E-state index in [4.69, 9.17) is 54.4 Å². The molecule has 44 heavy (non-hydrogen) atoms. The predicted molar refractivity (Wildman–Crippen MR) is 169 cm³/mol. The zero-order valence-electron chi connectivity index (χ0n) is 25.0. The quantitative estimate of drug-likeness (QED) is 0.271. The third kappa shape index (κ3) is 295. The van der Waals surface area contributed by atoms with E-state index in [1.807, 2.05) is 156 Å². The van der Waals surface area contributed by atoms with Gasteiger partial charge in [-0.15, -0.1) is 0 Å². The number of allylic oxidation sites excluding steroid dienone is 8. The van der Waals surface area contributed by atoms with Crippen LogP contribution in [0.25, 0.3) is 0 Å². The van der Waals surface area contributed by atoms with E-state index in [1.54, 1.807) is 0 Å². The maximum Gasteiger partial charge on any atom is 0.106 e. The number of rotatable bonds is 2. The standard InChI is InChI=1S/2C6H6.2C6H10.3CH2O2.CH2O.2O2.5H2O/c2*1-2-4-6-5-3-1;2*1-3-5-6-4-2;3*2-1-3;3*1-2;;;;;/h2*1-6H;2*3-6H,1-2H3;3*1H,(H,2,3);1H2;;;5*1H2/p-3/b;;2*5-3-,6-4-;;;;;;;;;;;. The Morgan fingerprint density at radius 1 is 0.364 bits per heavy atom. The number of carboxylic acid groups (broad SMARTS) is 3. The Balaban J connectivity index is -0.0000000225. The summed E-state index contributed by atoms with van der Waals surface area (Å²) in [5, 5.41) is 24.8. The zero-order valence-corrected chi connectivity index (χ0v) is 25.0. The monoisotopic (exact) mass is 639 g/mol. The molecule has 0 aliphatic heterocycles. The first-order valence-electron chi connectivity index (χ1n) is 10.3. The van der Waals surface area contributed by atoms with Gasteiger partial charge in [0, 0.05) is 39.3 Å². The molecule has 16 heteroatoms. The lowest BCUT2D eigenvalue weighted by atomic mass is 10.4. The third-order valence-electron chi connectivity index (χ3n) is 2.33. The van der Waals surface area contributed by atoms with Crippen molar-refractivity contribution in [3.63, 3.8) is 0 Å². The van der Waals surface area contributed by atoms with Crippen molar-refractivity contribution in [2.24, 2.45) is 0 Å². The highest BCUT2D eigenvalue weighted by atomic mass is 16.7. The van der Waals surface area contributed by atoms with Crippen molar-refractivity contribution in [1.29, 1.82) is 0 Å². The van der Waals surface area contributed by atoms with Gasteiger partial charge in [0.25, 0.3) is 0 Å². The van der Waals surface area contributed by atoms with Crippen LogP contribution in [0.1, 0.15) is 27.7 Å². The first-order chi connectivity index (χ1) is 19.1. The summed E-state index contributed by atoms with van der Waals surface area (Å²) in [5.41, 5.74) is 0. The molecule has 0 spiro atoms. The van der Waals surface area contributed by atoms with Gasteiger partial charge in [-0.2, -0.15) is 0 Å². The van der Waals surface area contributed by atoms with E-state index in [0.717, 1.165) is 0 Å². The summed E-state index contributed by atoms with van der Waals surface area (Å²) >= 11 is 0. The molecule has 16 nitrogen and oxygen atoms in total. The molecule has 0 atom stereocenters. The Kier molecular flexibility index (Phi) is 309. The highest BCUT2D eigenvalue weighted by Gasteiger charge is 1.58. The van der Waals surface area contributed by atoms with Gasteiger partial charge in [0.15, 0.2) is 0 Å². The summed E-state index contributed by atoms with van der Waals surface area (Å²) in [7, 11) is 0. The molecular formula is C28H47O16-3.